The molecular formula is C31H35NO3. The molecule has 0 radical (unpaired) electrons. The van der Waals surface area contributed by atoms with Crippen LogP contribution in [0.3, 0.4) is 0 Å². The summed E-state index contributed by atoms with van der Waals surface area (Å²) in [5.74, 6) is 0. The van der Waals surface area contributed by atoms with E-state index in [2.05, 4.69) is 54.5 Å². The molecule has 1 aliphatic heterocycles. The molecule has 0 aromatic heterocycles. The fraction of sp³-hybridized carbons (Fsp3) is 0.290. The van der Waals surface area contributed by atoms with Gasteiger partial charge in [-0.05, 0) is 16.7 Å². The Morgan fingerprint density at radius 1 is 0.657 bits per heavy atom. The van der Waals surface area contributed by atoms with Crippen molar-refractivity contribution >= 4 is 0 Å². The van der Waals surface area contributed by atoms with Crippen LogP contribution >= 0.6 is 0 Å². The van der Waals surface area contributed by atoms with Gasteiger partial charge in [-0.2, -0.15) is 0 Å². The molecular weight excluding hydrogens is 434 g/mol. The number of hydrogen-bond donors (Lipinski definition) is 0. The molecule has 182 valence electrons. The van der Waals surface area contributed by atoms with Crippen molar-refractivity contribution < 1.29 is 14.2 Å². The second kappa shape index (κ2) is 13.2. The minimum Gasteiger partial charge on any atom is -0.369 e. The number of nitrogens with zero attached hydrogens (tertiary/aromatic N) is 1. The van der Waals surface area contributed by atoms with E-state index >= 15 is 0 Å². The Morgan fingerprint density at radius 2 is 1.11 bits per heavy atom. The molecule has 0 N–H and O–H groups in total. The molecule has 4 atom stereocenters. The van der Waals surface area contributed by atoms with Crippen molar-refractivity contribution in [2.45, 2.75) is 44.2 Å². The molecule has 4 heteroatoms. The Bertz CT molecular complexity index is 1020. The van der Waals surface area contributed by atoms with Gasteiger partial charge in [-0.1, -0.05) is 103 Å². The van der Waals surface area contributed by atoms with Crippen molar-refractivity contribution in [3.05, 3.63) is 133 Å². The van der Waals surface area contributed by atoms with Crippen LogP contribution in [-0.2, 0) is 34.0 Å². The van der Waals surface area contributed by atoms with Crippen LogP contribution in [-0.4, -0.2) is 42.3 Å². The molecule has 0 unspecified atom stereocenters. The molecule has 1 saturated heterocycles. The summed E-state index contributed by atoms with van der Waals surface area (Å²) in [7, 11) is 0. The third-order valence-corrected chi connectivity index (χ3v) is 6.35. The fourth-order valence-corrected chi connectivity index (χ4v) is 4.57. The molecule has 4 rings (SSSR count). The highest BCUT2D eigenvalue weighted by Gasteiger charge is 2.44. The molecule has 0 aliphatic carbocycles. The smallest absolute Gasteiger partial charge is 0.113 e. The molecule has 3 aromatic rings. The molecule has 1 heterocycles. The molecule has 1 aliphatic rings. The normalized spacial score (nSPS) is 22.5. The Hall–Kier alpha value is -3.02. The first-order valence-corrected chi connectivity index (χ1v) is 12.2. The summed E-state index contributed by atoms with van der Waals surface area (Å²) in [5, 5.41) is 0. The molecule has 35 heavy (non-hydrogen) atoms. The van der Waals surface area contributed by atoms with Gasteiger partial charge in [0.2, 0.25) is 0 Å². The van der Waals surface area contributed by atoms with Crippen LogP contribution < -0.4 is 0 Å². The van der Waals surface area contributed by atoms with Crippen molar-refractivity contribution in [1.29, 1.82) is 0 Å². The minimum absolute atomic E-state index is 0.0194. The molecule has 0 spiro atoms. The number of piperidine rings is 1. The van der Waals surface area contributed by atoms with Gasteiger partial charge in [0.05, 0.1) is 32.0 Å². The number of ether oxygens (including phenoxy) is 3. The van der Waals surface area contributed by atoms with Gasteiger partial charge in [0.1, 0.15) is 12.2 Å². The highest BCUT2D eigenvalue weighted by atomic mass is 16.6. The maximum absolute atomic E-state index is 6.58. The topological polar surface area (TPSA) is 30.9 Å². The number of benzene rings is 3. The maximum Gasteiger partial charge on any atom is 0.113 e. The lowest BCUT2D eigenvalue weighted by molar-refractivity contribution is -0.195. The SMILES string of the molecule is C=CCN1C[C@@H](OCc2ccccc2)[C@@H](OCc2ccccc2)[C@H](OCc2ccccc2)[C@@H]1C=C. The van der Waals surface area contributed by atoms with Crippen LogP contribution in [0.1, 0.15) is 16.7 Å². The van der Waals surface area contributed by atoms with Gasteiger partial charge in [-0.15, -0.1) is 13.2 Å². The Balaban J connectivity index is 1.58. The molecule has 3 aromatic carbocycles. The zero-order valence-electron chi connectivity index (χ0n) is 20.2. The monoisotopic (exact) mass is 469 g/mol. The van der Waals surface area contributed by atoms with E-state index in [4.69, 9.17) is 14.2 Å². The lowest BCUT2D eigenvalue weighted by Gasteiger charge is -2.47. The zero-order chi connectivity index (χ0) is 24.3. The largest absolute Gasteiger partial charge is 0.369 e. The average Bonchev–Trinajstić information content (AvgIpc) is 2.91. The van der Waals surface area contributed by atoms with Crippen molar-refractivity contribution in [1.82, 2.24) is 4.90 Å². The van der Waals surface area contributed by atoms with Gasteiger partial charge in [0, 0.05) is 13.1 Å². The predicted molar refractivity (Wildman–Crippen MR) is 141 cm³/mol. The minimum atomic E-state index is -0.258. The van der Waals surface area contributed by atoms with E-state index in [0.29, 0.717) is 26.4 Å². The van der Waals surface area contributed by atoms with E-state index < -0.39 is 0 Å². The maximum atomic E-state index is 6.58. The fourth-order valence-electron chi connectivity index (χ4n) is 4.57. The van der Waals surface area contributed by atoms with Gasteiger partial charge in [-0.3, -0.25) is 4.90 Å². The van der Waals surface area contributed by atoms with Crippen LogP contribution in [0.4, 0.5) is 0 Å². The van der Waals surface area contributed by atoms with E-state index in [1.54, 1.807) is 0 Å². The van der Waals surface area contributed by atoms with Crippen LogP contribution in [0.15, 0.2) is 116 Å². The standard InChI is InChI=1S/C31H35NO3/c1-3-20-32-21-29(33-22-25-14-8-5-9-15-25)31(35-24-27-18-12-7-13-19-27)30(28(32)4-2)34-23-26-16-10-6-11-17-26/h3-19,28-31H,1-2,20-24H2/t28-,29+,30+,31+/m0/s1. The summed E-state index contributed by atoms with van der Waals surface area (Å²) < 4.78 is 19.7. The number of rotatable bonds is 12. The summed E-state index contributed by atoms with van der Waals surface area (Å²) >= 11 is 0. The van der Waals surface area contributed by atoms with Crippen LogP contribution in [0.5, 0.6) is 0 Å². The van der Waals surface area contributed by atoms with Gasteiger partial charge in [-0.25, -0.2) is 0 Å². The van der Waals surface area contributed by atoms with Crippen LogP contribution in [0.25, 0.3) is 0 Å². The lowest BCUT2D eigenvalue weighted by Crippen LogP contribution is -2.62. The van der Waals surface area contributed by atoms with E-state index in [-0.39, 0.29) is 24.4 Å². The van der Waals surface area contributed by atoms with Crippen molar-refractivity contribution in [3.63, 3.8) is 0 Å². The third-order valence-electron chi connectivity index (χ3n) is 6.35. The predicted octanol–water partition coefficient (Wildman–Crippen LogP) is 5.80. The number of hydrogen-bond acceptors (Lipinski definition) is 4. The quantitative estimate of drug-likeness (QED) is 0.314. The first kappa shape index (κ1) is 25.1. The second-order valence-electron chi connectivity index (χ2n) is 8.83. The first-order chi connectivity index (χ1) is 17.3. The molecule has 0 bridgehead atoms. The third kappa shape index (κ3) is 7.00. The van der Waals surface area contributed by atoms with Gasteiger partial charge in [0.15, 0.2) is 0 Å². The average molecular weight is 470 g/mol. The van der Waals surface area contributed by atoms with Crippen molar-refractivity contribution in [2.75, 3.05) is 13.1 Å². The summed E-state index contributed by atoms with van der Waals surface area (Å²) in [4.78, 5) is 2.31. The highest BCUT2D eigenvalue weighted by molar-refractivity contribution is 5.16. The molecule has 1 fully saturated rings. The summed E-state index contributed by atoms with van der Waals surface area (Å²) in [6, 6.07) is 30.7. The van der Waals surface area contributed by atoms with Gasteiger partial charge < -0.3 is 14.2 Å². The molecule has 0 saturated carbocycles. The highest BCUT2D eigenvalue weighted by Crippen LogP contribution is 2.29. The summed E-state index contributed by atoms with van der Waals surface area (Å²) in [6.07, 6.45) is 3.21. The van der Waals surface area contributed by atoms with Crippen LogP contribution in [0.2, 0.25) is 0 Å². The summed E-state index contributed by atoms with van der Waals surface area (Å²) in [5.41, 5.74) is 3.39. The first-order valence-electron chi connectivity index (χ1n) is 12.2. The Kier molecular flexibility index (Phi) is 9.44. The van der Waals surface area contributed by atoms with Gasteiger partial charge >= 0.3 is 0 Å². The van der Waals surface area contributed by atoms with Gasteiger partial charge in [0.25, 0.3) is 0 Å². The van der Waals surface area contributed by atoms with E-state index in [1.807, 2.05) is 66.7 Å². The van der Waals surface area contributed by atoms with E-state index in [1.165, 1.54) is 0 Å². The van der Waals surface area contributed by atoms with Crippen molar-refractivity contribution in [2.24, 2.45) is 0 Å². The number of likely N-dealkylation sites (tertiary alicyclic amines) is 1. The Morgan fingerprint density at radius 3 is 1.57 bits per heavy atom. The van der Waals surface area contributed by atoms with Crippen molar-refractivity contribution in [3.8, 4) is 0 Å². The van der Waals surface area contributed by atoms with E-state index in [9.17, 15) is 0 Å². The summed E-state index contributed by atoms with van der Waals surface area (Å²) in [6.45, 7) is 11.0. The molecule has 4 nitrogen and oxygen atoms in total. The van der Waals surface area contributed by atoms with Crippen LogP contribution in [0, 0.1) is 0 Å². The molecule has 0 amide bonds. The lowest BCUT2D eigenvalue weighted by atomic mass is 9.92. The van der Waals surface area contributed by atoms with E-state index in [0.717, 1.165) is 23.2 Å². The second-order valence-corrected chi connectivity index (χ2v) is 8.83. The zero-order valence-corrected chi connectivity index (χ0v) is 20.2. The Labute approximate surface area is 209 Å².